The number of amides is 2. The average Bonchev–Trinajstić information content (AvgIpc) is 2.53. The Morgan fingerprint density at radius 3 is 2.42 bits per heavy atom. The van der Waals surface area contributed by atoms with E-state index in [-0.39, 0.29) is 22.1 Å². The van der Waals surface area contributed by atoms with Gasteiger partial charge in [-0.15, -0.1) is 0 Å². The van der Waals surface area contributed by atoms with E-state index in [4.69, 9.17) is 28.3 Å². The number of aromatic hydroxyl groups is 2. The molecular formula is C15H11Cl2N3O4. The maximum atomic E-state index is 11.7. The lowest BCUT2D eigenvalue weighted by molar-refractivity contribution is -0.136. The summed E-state index contributed by atoms with van der Waals surface area (Å²) < 4.78 is 0. The number of hydrogen-bond donors (Lipinski definition) is 4. The van der Waals surface area contributed by atoms with E-state index in [1.54, 1.807) is 0 Å². The highest BCUT2D eigenvalue weighted by Gasteiger charge is 2.13. The van der Waals surface area contributed by atoms with Crippen molar-refractivity contribution in [3.05, 3.63) is 52.0 Å². The second-order valence-corrected chi connectivity index (χ2v) is 5.34. The van der Waals surface area contributed by atoms with Crippen molar-refractivity contribution in [1.82, 2.24) is 5.43 Å². The fourth-order valence-electron chi connectivity index (χ4n) is 1.61. The van der Waals surface area contributed by atoms with E-state index >= 15 is 0 Å². The first-order valence-corrected chi connectivity index (χ1v) is 7.24. The number of nitrogens with one attached hydrogen (secondary N) is 2. The minimum absolute atomic E-state index is 0.116. The first-order valence-electron chi connectivity index (χ1n) is 6.48. The first-order chi connectivity index (χ1) is 11.4. The number of carbonyl (C=O) groups excluding carboxylic acids is 2. The van der Waals surface area contributed by atoms with Crippen LogP contribution in [0, 0.1) is 0 Å². The van der Waals surface area contributed by atoms with E-state index in [0.717, 1.165) is 12.3 Å². The Bertz CT molecular complexity index is 824. The molecule has 0 atom stereocenters. The van der Waals surface area contributed by atoms with Gasteiger partial charge in [-0.3, -0.25) is 9.59 Å². The molecule has 7 nitrogen and oxygen atoms in total. The number of halogens is 2. The molecule has 0 aliphatic heterocycles. The number of benzene rings is 2. The summed E-state index contributed by atoms with van der Waals surface area (Å²) >= 11 is 11.6. The third kappa shape index (κ3) is 4.61. The van der Waals surface area contributed by atoms with Gasteiger partial charge < -0.3 is 15.5 Å². The largest absolute Gasteiger partial charge is 0.508 e. The van der Waals surface area contributed by atoms with Crippen LogP contribution in [0.1, 0.15) is 5.56 Å². The number of phenolic OH excluding ortho intramolecular Hbond substituents is 2. The smallest absolute Gasteiger partial charge is 0.329 e. The van der Waals surface area contributed by atoms with Crippen LogP contribution in [-0.2, 0) is 9.59 Å². The van der Waals surface area contributed by atoms with Crippen molar-refractivity contribution in [2.45, 2.75) is 0 Å². The zero-order valence-corrected chi connectivity index (χ0v) is 13.5. The van der Waals surface area contributed by atoms with Crippen LogP contribution in [0.3, 0.4) is 0 Å². The highest BCUT2D eigenvalue weighted by atomic mass is 35.5. The van der Waals surface area contributed by atoms with Gasteiger partial charge in [0.05, 0.1) is 16.3 Å². The highest BCUT2D eigenvalue weighted by Crippen LogP contribution is 2.25. The normalized spacial score (nSPS) is 10.6. The molecule has 0 aromatic heterocycles. The molecule has 0 saturated heterocycles. The molecule has 0 unspecified atom stereocenters. The lowest BCUT2D eigenvalue weighted by Gasteiger charge is -2.05. The standard InChI is InChI=1S/C15H11Cl2N3O4/c16-11-4-2-9(5-12(11)17)19-14(23)15(24)20-18-7-8-1-3-10(21)6-13(8)22/h1-7,21-22H,(H,19,23)(H,20,24)/b18-7-. The number of hydrazone groups is 1. The molecule has 4 N–H and O–H groups in total. The molecule has 124 valence electrons. The lowest BCUT2D eigenvalue weighted by Crippen LogP contribution is -2.32. The van der Waals surface area contributed by atoms with Crippen molar-refractivity contribution >= 4 is 46.9 Å². The molecule has 2 aromatic carbocycles. The molecule has 0 aliphatic carbocycles. The van der Waals surface area contributed by atoms with Gasteiger partial charge in [-0.25, -0.2) is 5.43 Å². The Hall–Kier alpha value is -2.77. The predicted molar refractivity (Wildman–Crippen MR) is 90.6 cm³/mol. The summed E-state index contributed by atoms with van der Waals surface area (Å²) in [5.41, 5.74) is 2.55. The SMILES string of the molecule is O=C(N/N=C\c1ccc(O)cc1O)C(=O)Nc1ccc(Cl)c(Cl)c1. The van der Waals surface area contributed by atoms with Gasteiger partial charge in [-0.2, -0.15) is 5.10 Å². The van der Waals surface area contributed by atoms with E-state index < -0.39 is 11.8 Å². The summed E-state index contributed by atoms with van der Waals surface area (Å²) in [6.45, 7) is 0. The number of anilines is 1. The van der Waals surface area contributed by atoms with Gasteiger partial charge in [0.25, 0.3) is 0 Å². The second-order valence-electron chi connectivity index (χ2n) is 4.53. The van der Waals surface area contributed by atoms with Crippen LogP contribution in [0.2, 0.25) is 10.0 Å². The minimum Gasteiger partial charge on any atom is -0.508 e. The van der Waals surface area contributed by atoms with Gasteiger partial charge in [0, 0.05) is 17.3 Å². The van der Waals surface area contributed by atoms with Crippen molar-refractivity contribution in [3.8, 4) is 11.5 Å². The Kier molecular flexibility index (Phi) is 5.62. The monoisotopic (exact) mass is 367 g/mol. The van der Waals surface area contributed by atoms with Crippen LogP contribution < -0.4 is 10.7 Å². The fourth-order valence-corrected chi connectivity index (χ4v) is 1.91. The van der Waals surface area contributed by atoms with Crippen molar-refractivity contribution in [2.75, 3.05) is 5.32 Å². The van der Waals surface area contributed by atoms with Crippen molar-refractivity contribution in [2.24, 2.45) is 5.10 Å². The summed E-state index contributed by atoms with van der Waals surface area (Å²) in [4.78, 5) is 23.3. The predicted octanol–water partition coefficient (Wildman–Crippen LogP) is 2.49. The average molecular weight is 368 g/mol. The molecule has 0 fully saturated rings. The van der Waals surface area contributed by atoms with E-state index in [2.05, 4.69) is 10.4 Å². The van der Waals surface area contributed by atoms with E-state index in [1.807, 2.05) is 5.43 Å². The van der Waals surface area contributed by atoms with Crippen LogP contribution in [0.5, 0.6) is 11.5 Å². The zero-order chi connectivity index (χ0) is 17.7. The van der Waals surface area contributed by atoms with Crippen LogP contribution >= 0.6 is 23.2 Å². The molecule has 2 amide bonds. The number of nitrogens with zero attached hydrogens (tertiary/aromatic N) is 1. The number of phenols is 2. The molecular weight excluding hydrogens is 357 g/mol. The van der Waals surface area contributed by atoms with Crippen LogP contribution in [-0.4, -0.2) is 28.2 Å². The minimum atomic E-state index is -1.02. The molecule has 9 heteroatoms. The van der Waals surface area contributed by atoms with Gasteiger partial charge in [-0.05, 0) is 30.3 Å². The van der Waals surface area contributed by atoms with Crippen molar-refractivity contribution < 1.29 is 19.8 Å². The van der Waals surface area contributed by atoms with Gasteiger partial charge in [0.2, 0.25) is 0 Å². The number of rotatable bonds is 3. The molecule has 0 spiro atoms. The Labute approximate surface area is 146 Å². The molecule has 0 bridgehead atoms. The summed E-state index contributed by atoms with van der Waals surface area (Å²) in [7, 11) is 0. The number of hydrogen-bond acceptors (Lipinski definition) is 5. The first kappa shape index (κ1) is 17.6. The molecule has 0 aliphatic rings. The highest BCUT2D eigenvalue weighted by molar-refractivity contribution is 6.42. The van der Waals surface area contributed by atoms with Gasteiger partial charge in [0.15, 0.2) is 0 Å². The second kappa shape index (κ2) is 7.67. The summed E-state index contributed by atoms with van der Waals surface area (Å²) in [5, 5.41) is 25.1. The third-order valence-corrected chi connectivity index (χ3v) is 3.51. The summed E-state index contributed by atoms with van der Waals surface area (Å²) in [6, 6.07) is 8.18. The molecule has 2 rings (SSSR count). The van der Waals surface area contributed by atoms with Crippen LogP contribution in [0.25, 0.3) is 0 Å². The van der Waals surface area contributed by atoms with Crippen LogP contribution in [0.15, 0.2) is 41.5 Å². The van der Waals surface area contributed by atoms with Crippen molar-refractivity contribution in [1.29, 1.82) is 0 Å². The molecule has 24 heavy (non-hydrogen) atoms. The number of carbonyl (C=O) groups is 2. The topological polar surface area (TPSA) is 111 Å². The fraction of sp³-hybridized carbons (Fsp3) is 0. The van der Waals surface area contributed by atoms with Gasteiger partial charge in [0.1, 0.15) is 11.5 Å². The maximum Gasteiger partial charge on any atom is 0.329 e. The molecule has 0 saturated carbocycles. The molecule has 0 heterocycles. The quantitative estimate of drug-likeness (QED) is 0.379. The third-order valence-electron chi connectivity index (χ3n) is 2.77. The molecule has 2 aromatic rings. The lowest BCUT2D eigenvalue weighted by atomic mass is 10.2. The Balaban J connectivity index is 1.95. The van der Waals surface area contributed by atoms with E-state index in [0.29, 0.717) is 10.7 Å². The Morgan fingerprint density at radius 2 is 1.75 bits per heavy atom. The van der Waals surface area contributed by atoms with E-state index in [9.17, 15) is 14.7 Å². The molecule has 0 radical (unpaired) electrons. The van der Waals surface area contributed by atoms with E-state index in [1.165, 1.54) is 30.3 Å². The summed E-state index contributed by atoms with van der Waals surface area (Å²) in [6.07, 6.45) is 1.12. The maximum absolute atomic E-state index is 11.7. The zero-order valence-electron chi connectivity index (χ0n) is 12.0. The van der Waals surface area contributed by atoms with Gasteiger partial charge in [-0.1, -0.05) is 23.2 Å². The van der Waals surface area contributed by atoms with Crippen LogP contribution in [0.4, 0.5) is 5.69 Å². The summed E-state index contributed by atoms with van der Waals surface area (Å²) in [5.74, 6) is -2.32. The Morgan fingerprint density at radius 1 is 1.00 bits per heavy atom. The van der Waals surface area contributed by atoms with Gasteiger partial charge >= 0.3 is 11.8 Å². The van der Waals surface area contributed by atoms with Crippen molar-refractivity contribution in [3.63, 3.8) is 0 Å².